The van der Waals surface area contributed by atoms with Gasteiger partial charge in [-0.25, -0.2) is 0 Å². The maximum Gasteiger partial charge on any atom is 0.308 e. The summed E-state index contributed by atoms with van der Waals surface area (Å²) in [4.78, 5) is 10.9. The molecule has 1 rings (SSSR count). The van der Waals surface area contributed by atoms with E-state index in [1.54, 1.807) is 24.3 Å². The molecule has 1 aromatic carbocycles. The molecule has 0 atom stereocenters. The number of carbonyl (C=O) groups excluding carboxylic acids is 1. The summed E-state index contributed by atoms with van der Waals surface area (Å²) in [6.07, 6.45) is 0. The SMILES string of the molecule is CC(=O)Oc1ccc(C(N)=S)cc1. The van der Waals surface area contributed by atoms with E-state index in [4.69, 9.17) is 22.7 Å². The van der Waals surface area contributed by atoms with E-state index in [1.807, 2.05) is 0 Å². The van der Waals surface area contributed by atoms with Gasteiger partial charge >= 0.3 is 5.97 Å². The van der Waals surface area contributed by atoms with E-state index in [-0.39, 0.29) is 5.97 Å². The average molecular weight is 195 g/mol. The van der Waals surface area contributed by atoms with Crippen molar-refractivity contribution in [1.82, 2.24) is 0 Å². The van der Waals surface area contributed by atoms with Crippen LogP contribution in [0.25, 0.3) is 0 Å². The Bertz CT molecular complexity index is 332. The second-order valence-corrected chi connectivity index (χ2v) is 2.92. The molecule has 0 saturated carbocycles. The van der Waals surface area contributed by atoms with E-state index in [1.165, 1.54) is 6.92 Å². The van der Waals surface area contributed by atoms with Gasteiger partial charge in [0.25, 0.3) is 0 Å². The van der Waals surface area contributed by atoms with Crippen molar-refractivity contribution in [3.05, 3.63) is 29.8 Å². The lowest BCUT2D eigenvalue weighted by Crippen LogP contribution is -2.09. The highest BCUT2D eigenvalue weighted by Crippen LogP contribution is 2.11. The zero-order valence-electron chi connectivity index (χ0n) is 7.11. The Morgan fingerprint density at radius 1 is 1.38 bits per heavy atom. The molecule has 0 fully saturated rings. The van der Waals surface area contributed by atoms with Gasteiger partial charge in [-0.2, -0.15) is 0 Å². The summed E-state index contributed by atoms with van der Waals surface area (Å²) in [5.41, 5.74) is 6.14. The minimum atomic E-state index is -0.344. The molecule has 0 heterocycles. The van der Waals surface area contributed by atoms with Crippen LogP contribution in [-0.4, -0.2) is 11.0 Å². The molecule has 1 aromatic rings. The third kappa shape index (κ3) is 2.83. The number of nitrogens with two attached hydrogens (primary N) is 1. The van der Waals surface area contributed by atoms with Crippen LogP contribution in [-0.2, 0) is 4.79 Å². The maximum atomic E-state index is 10.6. The van der Waals surface area contributed by atoms with Gasteiger partial charge in [0.05, 0.1) is 0 Å². The first-order chi connectivity index (χ1) is 6.09. The van der Waals surface area contributed by atoms with Crippen LogP contribution >= 0.6 is 12.2 Å². The summed E-state index contributed by atoms with van der Waals surface area (Å²) in [5.74, 6) is 0.149. The fourth-order valence-corrected chi connectivity index (χ4v) is 0.989. The number of rotatable bonds is 2. The molecule has 0 unspecified atom stereocenters. The minimum Gasteiger partial charge on any atom is -0.427 e. The molecule has 0 aliphatic rings. The second kappa shape index (κ2) is 4.00. The monoisotopic (exact) mass is 195 g/mol. The molecule has 0 aliphatic heterocycles. The normalized spacial score (nSPS) is 9.31. The second-order valence-electron chi connectivity index (χ2n) is 2.48. The van der Waals surface area contributed by atoms with Gasteiger partial charge in [0.1, 0.15) is 10.7 Å². The van der Waals surface area contributed by atoms with Crippen LogP contribution in [0.15, 0.2) is 24.3 Å². The number of ether oxygens (including phenoxy) is 1. The van der Waals surface area contributed by atoms with Gasteiger partial charge in [-0.15, -0.1) is 0 Å². The highest BCUT2D eigenvalue weighted by Gasteiger charge is 1.99. The molecule has 0 radical (unpaired) electrons. The third-order valence-corrected chi connectivity index (χ3v) is 1.64. The smallest absolute Gasteiger partial charge is 0.308 e. The minimum absolute atomic E-state index is 0.328. The number of thiocarbonyl (C=S) groups is 1. The van der Waals surface area contributed by atoms with E-state index in [9.17, 15) is 4.79 Å². The highest BCUT2D eigenvalue weighted by atomic mass is 32.1. The molecule has 0 bridgehead atoms. The van der Waals surface area contributed by atoms with E-state index in [0.29, 0.717) is 10.7 Å². The fraction of sp³-hybridized carbons (Fsp3) is 0.111. The standard InChI is InChI=1S/C9H9NO2S/c1-6(11)12-8-4-2-7(3-5-8)9(10)13/h2-5H,1H3,(H2,10,13). The maximum absolute atomic E-state index is 10.6. The number of hydrogen-bond donors (Lipinski definition) is 1. The Labute approximate surface area is 81.5 Å². The first kappa shape index (κ1) is 9.67. The van der Waals surface area contributed by atoms with Crippen molar-refractivity contribution in [3.63, 3.8) is 0 Å². The van der Waals surface area contributed by atoms with Crippen molar-refractivity contribution >= 4 is 23.2 Å². The molecule has 0 spiro atoms. The van der Waals surface area contributed by atoms with Crippen molar-refractivity contribution in [3.8, 4) is 5.75 Å². The first-order valence-corrected chi connectivity index (χ1v) is 4.08. The first-order valence-electron chi connectivity index (χ1n) is 3.68. The largest absolute Gasteiger partial charge is 0.427 e. The number of carbonyl (C=O) groups is 1. The van der Waals surface area contributed by atoms with E-state index in [0.717, 1.165) is 5.56 Å². The predicted molar refractivity (Wildman–Crippen MR) is 53.6 cm³/mol. The van der Waals surface area contributed by atoms with Gasteiger partial charge in [0, 0.05) is 12.5 Å². The Hall–Kier alpha value is -1.42. The fourth-order valence-electron chi connectivity index (χ4n) is 0.853. The summed E-state index contributed by atoms with van der Waals surface area (Å²) in [7, 11) is 0. The van der Waals surface area contributed by atoms with Gasteiger partial charge in [-0.05, 0) is 24.3 Å². The van der Waals surface area contributed by atoms with E-state index in [2.05, 4.69) is 0 Å². The van der Waals surface area contributed by atoms with Gasteiger partial charge < -0.3 is 10.5 Å². The quantitative estimate of drug-likeness (QED) is 0.438. The highest BCUT2D eigenvalue weighted by molar-refractivity contribution is 7.80. The van der Waals surface area contributed by atoms with Crippen molar-refractivity contribution < 1.29 is 9.53 Å². The molecule has 4 heteroatoms. The number of hydrogen-bond acceptors (Lipinski definition) is 3. The van der Waals surface area contributed by atoms with Gasteiger partial charge in [0.2, 0.25) is 0 Å². The van der Waals surface area contributed by atoms with Crippen LogP contribution in [0.5, 0.6) is 5.75 Å². The predicted octanol–water partition coefficient (Wildman–Crippen LogP) is 1.25. The summed E-state index contributed by atoms with van der Waals surface area (Å²) in [5, 5.41) is 0. The molecule has 0 aliphatic carbocycles. The lowest BCUT2D eigenvalue weighted by Gasteiger charge is -2.01. The number of esters is 1. The van der Waals surface area contributed by atoms with Crippen molar-refractivity contribution in [2.75, 3.05) is 0 Å². The molecule has 3 nitrogen and oxygen atoms in total. The molecule has 68 valence electrons. The lowest BCUT2D eigenvalue weighted by atomic mass is 10.2. The molecular weight excluding hydrogens is 186 g/mol. The van der Waals surface area contributed by atoms with Crippen LogP contribution in [0.2, 0.25) is 0 Å². The van der Waals surface area contributed by atoms with Crippen molar-refractivity contribution in [2.24, 2.45) is 5.73 Å². The Morgan fingerprint density at radius 2 is 1.92 bits per heavy atom. The van der Waals surface area contributed by atoms with E-state index < -0.39 is 0 Å². The van der Waals surface area contributed by atoms with E-state index >= 15 is 0 Å². The third-order valence-electron chi connectivity index (χ3n) is 1.40. The van der Waals surface area contributed by atoms with Crippen LogP contribution in [0.4, 0.5) is 0 Å². The molecule has 2 N–H and O–H groups in total. The molecular formula is C9H9NO2S. The van der Waals surface area contributed by atoms with Gasteiger partial charge in [-0.3, -0.25) is 4.79 Å². The Kier molecular flexibility index (Phi) is 2.97. The Balaban J connectivity index is 2.81. The summed E-state index contributed by atoms with van der Waals surface area (Å²) < 4.78 is 4.83. The van der Waals surface area contributed by atoms with Crippen LogP contribution < -0.4 is 10.5 Å². The summed E-state index contributed by atoms with van der Waals surface area (Å²) >= 11 is 4.76. The Morgan fingerprint density at radius 3 is 2.31 bits per heavy atom. The average Bonchev–Trinajstić information content (AvgIpc) is 2.04. The molecule has 13 heavy (non-hydrogen) atoms. The molecule has 0 amide bonds. The lowest BCUT2D eigenvalue weighted by molar-refractivity contribution is -0.131. The number of benzene rings is 1. The van der Waals surface area contributed by atoms with Crippen LogP contribution in [0.3, 0.4) is 0 Å². The van der Waals surface area contributed by atoms with Gasteiger partial charge in [-0.1, -0.05) is 12.2 Å². The van der Waals surface area contributed by atoms with Crippen molar-refractivity contribution in [2.45, 2.75) is 6.92 Å². The molecule has 0 saturated heterocycles. The molecule has 0 aromatic heterocycles. The van der Waals surface area contributed by atoms with Crippen LogP contribution in [0, 0.1) is 0 Å². The zero-order chi connectivity index (χ0) is 9.84. The topological polar surface area (TPSA) is 52.3 Å². The zero-order valence-corrected chi connectivity index (χ0v) is 7.93. The van der Waals surface area contributed by atoms with Gasteiger partial charge in [0.15, 0.2) is 0 Å². The summed E-state index contributed by atoms with van der Waals surface area (Å²) in [6.45, 7) is 1.35. The summed E-state index contributed by atoms with van der Waals surface area (Å²) in [6, 6.07) is 6.72. The van der Waals surface area contributed by atoms with Crippen LogP contribution in [0.1, 0.15) is 12.5 Å². The van der Waals surface area contributed by atoms with Crippen molar-refractivity contribution in [1.29, 1.82) is 0 Å².